The summed E-state index contributed by atoms with van der Waals surface area (Å²) in [7, 11) is 0. The van der Waals surface area contributed by atoms with E-state index in [0.29, 0.717) is 29.8 Å². The van der Waals surface area contributed by atoms with E-state index in [0.717, 1.165) is 29.3 Å². The molecule has 3 nitrogen and oxygen atoms in total. The summed E-state index contributed by atoms with van der Waals surface area (Å²) in [5.41, 5.74) is 3.13. The third kappa shape index (κ3) is 6.87. The number of aromatic nitrogens is 1. The van der Waals surface area contributed by atoms with Crippen LogP contribution in [-0.4, -0.2) is 21.1 Å². The van der Waals surface area contributed by atoms with Gasteiger partial charge in [-0.3, -0.25) is 0 Å². The summed E-state index contributed by atoms with van der Waals surface area (Å²) in [6.45, 7) is 1.49. The van der Waals surface area contributed by atoms with Crippen LogP contribution in [0.5, 0.6) is 0 Å². The van der Waals surface area contributed by atoms with Crippen molar-refractivity contribution in [1.29, 1.82) is 0 Å². The van der Waals surface area contributed by atoms with E-state index in [4.69, 9.17) is 23.8 Å². The number of anilines is 1. The molecular formula is C27H23ClF3N3S. The third-order valence-electron chi connectivity index (χ3n) is 5.55. The maximum Gasteiger partial charge on any atom is 0.173 e. The number of hydrogen-bond donors (Lipinski definition) is 1. The van der Waals surface area contributed by atoms with Gasteiger partial charge in [0.05, 0.1) is 6.54 Å². The maximum atomic E-state index is 13.7. The Hall–Kier alpha value is -3.29. The maximum absolute atomic E-state index is 13.7. The number of hydrogen-bond acceptors (Lipinski definition) is 1. The fraction of sp³-hybridized carbons (Fsp3) is 0.148. The van der Waals surface area contributed by atoms with Crippen molar-refractivity contribution in [3.63, 3.8) is 0 Å². The zero-order chi connectivity index (χ0) is 24.8. The minimum atomic E-state index is -0.684. The van der Waals surface area contributed by atoms with Crippen LogP contribution < -0.4 is 5.32 Å². The monoisotopic (exact) mass is 513 g/mol. The molecule has 0 aliphatic carbocycles. The van der Waals surface area contributed by atoms with Gasteiger partial charge >= 0.3 is 0 Å². The summed E-state index contributed by atoms with van der Waals surface area (Å²) in [6, 6.07) is 21.4. The van der Waals surface area contributed by atoms with Crippen molar-refractivity contribution < 1.29 is 13.2 Å². The summed E-state index contributed by atoms with van der Waals surface area (Å²) in [5.74, 6) is -1.75. The van der Waals surface area contributed by atoms with Crippen LogP contribution in [-0.2, 0) is 19.5 Å². The molecule has 1 aromatic heterocycles. The molecule has 0 atom stereocenters. The molecule has 0 aliphatic heterocycles. The Bertz CT molecular complexity index is 1290. The van der Waals surface area contributed by atoms with E-state index in [1.807, 2.05) is 58.1 Å². The van der Waals surface area contributed by atoms with Crippen molar-refractivity contribution >= 4 is 34.6 Å². The Morgan fingerprint density at radius 2 is 1.63 bits per heavy atom. The molecular weight excluding hydrogens is 491 g/mol. The van der Waals surface area contributed by atoms with E-state index in [-0.39, 0.29) is 11.5 Å². The lowest BCUT2D eigenvalue weighted by molar-refractivity contribution is 0.409. The van der Waals surface area contributed by atoms with Gasteiger partial charge in [0.1, 0.15) is 17.5 Å². The van der Waals surface area contributed by atoms with E-state index in [1.165, 1.54) is 24.3 Å². The van der Waals surface area contributed by atoms with Gasteiger partial charge in [0.2, 0.25) is 0 Å². The minimum absolute atomic E-state index is 0.241. The van der Waals surface area contributed by atoms with Crippen LogP contribution in [0.2, 0.25) is 5.02 Å². The Labute approximate surface area is 212 Å². The first-order valence-corrected chi connectivity index (χ1v) is 11.8. The van der Waals surface area contributed by atoms with Crippen LogP contribution >= 0.6 is 23.8 Å². The van der Waals surface area contributed by atoms with Crippen molar-refractivity contribution in [1.82, 2.24) is 9.47 Å². The first-order valence-electron chi connectivity index (χ1n) is 11.0. The first kappa shape index (κ1) is 24.8. The van der Waals surface area contributed by atoms with E-state index in [9.17, 15) is 13.2 Å². The highest BCUT2D eigenvalue weighted by molar-refractivity contribution is 7.80. The molecule has 8 heteroatoms. The van der Waals surface area contributed by atoms with Crippen LogP contribution in [0.4, 0.5) is 18.9 Å². The normalized spacial score (nSPS) is 10.9. The average Bonchev–Trinajstić information content (AvgIpc) is 3.25. The summed E-state index contributed by atoms with van der Waals surface area (Å²) >= 11 is 11.9. The molecule has 35 heavy (non-hydrogen) atoms. The smallest absolute Gasteiger partial charge is 0.173 e. The molecule has 3 aromatic carbocycles. The Kier molecular flexibility index (Phi) is 8.10. The molecule has 0 unspecified atom stereocenters. The van der Waals surface area contributed by atoms with Crippen molar-refractivity contribution in [2.45, 2.75) is 19.5 Å². The summed E-state index contributed by atoms with van der Waals surface area (Å²) < 4.78 is 42.9. The van der Waals surface area contributed by atoms with Crippen molar-refractivity contribution in [3.8, 4) is 0 Å². The van der Waals surface area contributed by atoms with E-state index < -0.39 is 11.6 Å². The standard InChI is InChI=1S/C27H23ClF3N3S/c28-26-16-21(29)9-8-20(26)17-33-11-4-7-25(33)18-34(12-10-19-5-2-1-3-6-19)27(35)32-24-14-22(30)13-23(31)15-24/h1-9,11,13-16H,10,12,17-18H2,(H,32,35). The number of benzene rings is 3. The number of thiocarbonyl (C=S) groups is 1. The highest BCUT2D eigenvalue weighted by Gasteiger charge is 2.15. The molecule has 4 rings (SSSR count). The number of halogens is 4. The fourth-order valence-corrected chi connectivity index (χ4v) is 4.27. The SMILES string of the molecule is Fc1cc(F)cc(NC(=S)N(CCc2ccccc2)Cc2cccn2Cc2ccc(F)cc2Cl)c1. The Balaban J connectivity index is 1.54. The molecule has 0 fully saturated rings. The van der Waals surface area contributed by atoms with Crippen LogP contribution in [0, 0.1) is 17.5 Å². The predicted molar refractivity (Wildman–Crippen MR) is 138 cm³/mol. The van der Waals surface area contributed by atoms with Crippen molar-refractivity contribution in [2.24, 2.45) is 0 Å². The van der Waals surface area contributed by atoms with Crippen molar-refractivity contribution in [2.75, 3.05) is 11.9 Å². The predicted octanol–water partition coefficient (Wildman–Crippen LogP) is 7.05. The molecule has 4 aromatic rings. The lowest BCUT2D eigenvalue weighted by Crippen LogP contribution is -2.36. The second-order valence-corrected chi connectivity index (χ2v) is 8.90. The van der Waals surface area contributed by atoms with Gasteiger partial charge in [-0.05, 0) is 66.2 Å². The van der Waals surface area contributed by atoms with Gasteiger partial charge in [-0.2, -0.15) is 0 Å². The van der Waals surface area contributed by atoms with Crippen molar-refractivity contribution in [3.05, 3.63) is 124 Å². The minimum Gasteiger partial charge on any atom is -0.345 e. The Morgan fingerprint density at radius 1 is 0.886 bits per heavy atom. The molecule has 180 valence electrons. The molecule has 1 heterocycles. The zero-order valence-corrected chi connectivity index (χ0v) is 20.3. The number of rotatable bonds is 8. The highest BCUT2D eigenvalue weighted by Crippen LogP contribution is 2.21. The van der Waals surface area contributed by atoms with Gasteiger partial charge in [0, 0.05) is 41.8 Å². The van der Waals surface area contributed by atoms with E-state index in [1.54, 1.807) is 6.07 Å². The highest BCUT2D eigenvalue weighted by atomic mass is 35.5. The number of nitrogens with one attached hydrogen (secondary N) is 1. The Morgan fingerprint density at radius 3 is 2.34 bits per heavy atom. The molecule has 0 spiro atoms. The molecule has 0 bridgehead atoms. The molecule has 1 N–H and O–H groups in total. The first-order chi connectivity index (χ1) is 16.9. The molecule has 0 aliphatic rings. The molecule has 0 radical (unpaired) electrons. The molecule has 0 saturated carbocycles. The van der Waals surface area contributed by atoms with Gasteiger partial charge in [0.15, 0.2) is 5.11 Å². The fourth-order valence-electron chi connectivity index (χ4n) is 3.77. The van der Waals surface area contributed by atoms with Gasteiger partial charge in [-0.15, -0.1) is 0 Å². The van der Waals surface area contributed by atoms with Gasteiger partial charge in [-0.1, -0.05) is 48.0 Å². The second-order valence-electron chi connectivity index (χ2n) is 8.11. The summed E-state index contributed by atoms with van der Waals surface area (Å²) in [5, 5.41) is 3.67. The topological polar surface area (TPSA) is 20.2 Å². The largest absolute Gasteiger partial charge is 0.345 e. The van der Waals surface area contributed by atoms with Crippen LogP contribution in [0.3, 0.4) is 0 Å². The van der Waals surface area contributed by atoms with Gasteiger partial charge in [-0.25, -0.2) is 13.2 Å². The van der Waals surface area contributed by atoms with Gasteiger partial charge in [0.25, 0.3) is 0 Å². The quantitative estimate of drug-likeness (QED) is 0.255. The second kappa shape index (κ2) is 11.4. The summed E-state index contributed by atoms with van der Waals surface area (Å²) in [4.78, 5) is 1.95. The van der Waals surface area contributed by atoms with Crippen LogP contribution in [0.1, 0.15) is 16.8 Å². The number of nitrogens with zero attached hydrogens (tertiary/aromatic N) is 2. The van der Waals surface area contributed by atoms with Crippen LogP contribution in [0.15, 0.2) is 85.1 Å². The lowest BCUT2D eigenvalue weighted by atomic mass is 10.1. The lowest BCUT2D eigenvalue weighted by Gasteiger charge is -2.27. The molecule has 0 saturated heterocycles. The zero-order valence-electron chi connectivity index (χ0n) is 18.7. The van der Waals surface area contributed by atoms with E-state index in [2.05, 4.69) is 5.32 Å². The van der Waals surface area contributed by atoms with Crippen LogP contribution in [0.25, 0.3) is 0 Å². The third-order valence-corrected chi connectivity index (χ3v) is 6.26. The molecule has 0 amide bonds. The van der Waals surface area contributed by atoms with E-state index >= 15 is 0 Å². The average molecular weight is 514 g/mol. The van der Waals surface area contributed by atoms with Gasteiger partial charge < -0.3 is 14.8 Å². The summed E-state index contributed by atoms with van der Waals surface area (Å²) in [6.07, 6.45) is 2.65.